The van der Waals surface area contributed by atoms with Crippen LogP contribution in [0, 0.1) is 13.8 Å². The van der Waals surface area contributed by atoms with Gasteiger partial charge >= 0.3 is 0 Å². The summed E-state index contributed by atoms with van der Waals surface area (Å²) in [6.07, 6.45) is 1.43. The minimum Gasteiger partial charge on any atom is -0.468 e. The molecule has 3 aromatic rings. The Morgan fingerprint density at radius 3 is 2.11 bits per heavy atom. The third kappa shape index (κ3) is 4.28. The number of carbonyl (C=O) groups is 1. The Balaban J connectivity index is 1.85. The maximum Gasteiger partial charge on any atom is 0.251 e. The third-order valence-corrected chi connectivity index (χ3v) is 6.42. The molecule has 5 nitrogen and oxygen atoms in total. The van der Waals surface area contributed by atoms with E-state index < -0.39 is 15.1 Å². The number of carbonyl (C=O) groups excluding carboxylic acids is 1. The van der Waals surface area contributed by atoms with Crippen LogP contribution in [0.5, 0.6) is 0 Å². The van der Waals surface area contributed by atoms with Gasteiger partial charge in [-0.1, -0.05) is 35.4 Å². The molecule has 0 bridgehead atoms. The van der Waals surface area contributed by atoms with Crippen LogP contribution in [0.1, 0.15) is 32.5 Å². The lowest BCUT2D eigenvalue weighted by Gasteiger charge is -2.17. The van der Waals surface area contributed by atoms with Gasteiger partial charge in [0, 0.05) is 12.1 Å². The number of rotatable bonds is 6. The van der Waals surface area contributed by atoms with Gasteiger partial charge in [0.1, 0.15) is 11.0 Å². The molecule has 0 radical (unpaired) electrons. The summed E-state index contributed by atoms with van der Waals surface area (Å²) in [5.74, 6) is -0.0366. The van der Waals surface area contributed by atoms with Crippen molar-refractivity contribution in [1.29, 1.82) is 0 Å². The number of hydrogen-bond acceptors (Lipinski definition) is 4. The zero-order chi connectivity index (χ0) is 19.4. The van der Waals surface area contributed by atoms with E-state index in [-0.39, 0.29) is 17.3 Å². The highest BCUT2D eigenvalue weighted by atomic mass is 32.2. The molecule has 0 aliphatic carbocycles. The zero-order valence-electron chi connectivity index (χ0n) is 15.2. The summed E-state index contributed by atoms with van der Waals surface area (Å²) < 4.78 is 31.6. The summed E-state index contributed by atoms with van der Waals surface area (Å²) in [6.45, 7) is 3.74. The molecule has 0 aliphatic rings. The number of amides is 1. The SMILES string of the molecule is Cc1ccc(C(=O)NC[C@@H](c2ccco2)S(=O)(=O)c2ccc(C)cc2)cc1. The van der Waals surface area contributed by atoms with Gasteiger partial charge in [-0.25, -0.2) is 8.42 Å². The molecular formula is C21H21NO4S. The minimum atomic E-state index is -3.73. The first-order valence-corrected chi connectivity index (χ1v) is 10.1. The predicted molar refractivity (Wildman–Crippen MR) is 103 cm³/mol. The van der Waals surface area contributed by atoms with E-state index in [0.29, 0.717) is 11.3 Å². The van der Waals surface area contributed by atoms with Crippen molar-refractivity contribution < 1.29 is 17.6 Å². The molecule has 1 heterocycles. The van der Waals surface area contributed by atoms with Crippen LogP contribution < -0.4 is 5.32 Å². The molecule has 0 unspecified atom stereocenters. The van der Waals surface area contributed by atoms with Gasteiger partial charge in [0.15, 0.2) is 9.84 Å². The molecule has 27 heavy (non-hydrogen) atoms. The second kappa shape index (κ2) is 7.80. The maximum atomic E-state index is 13.1. The summed E-state index contributed by atoms with van der Waals surface area (Å²) >= 11 is 0. The summed E-state index contributed by atoms with van der Waals surface area (Å²) in [4.78, 5) is 12.6. The number of furan rings is 1. The molecular weight excluding hydrogens is 362 g/mol. The van der Waals surface area contributed by atoms with Crippen molar-refractivity contribution in [1.82, 2.24) is 5.32 Å². The van der Waals surface area contributed by atoms with Crippen molar-refractivity contribution in [3.05, 3.63) is 89.4 Å². The first-order valence-electron chi connectivity index (χ1n) is 8.57. The largest absolute Gasteiger partial charge is 0.468 e. The Hall–Kier alpha value is -2.86. The van der Waals surface area contributed by atoms with Gasteiger partial charge in [0.05, 0.1) is 11.2 Å². The average Bonchev–Trinajstić information content (AvgIpc) is 3.16. The number of benzene rings is 2. The van der Waals surface area contributed by atoms with Gasteiger partial charge in [0.2, 0.25) is 0 Å². The molecule has 0 spiro atoms. The van der Waals surface area contributed by atoms with Crippen molar-refractivity contribution in [2.45, 2.75) is 24.0 Å². The van der Waals surface area contributed by atoms with Gasteiger partial charge < -0.3 is 9.73 Å². The van der Waals surface area contributed by atoms with Crippen molar-refractivity contribution >= 4 is 15.7 Å². The quantitative estimate of drug-likeness (QED) is 0.702. The van der Waals surface area contributed by atoms with Crippen LogP contribution in [-0.4, -0.2) is 20.9 Å². The highest BCUT2D eigenvalue weighted by Crippen LogP contribution is 2.29. The fourth-order valence-corrected chi connectivity index (χ4v) is 4.31. The summed E-state index contributed by atoms with van der Waals surface area (Å²) in [7, 11) is -3.73. The van der Waals surface area contributed by atoms with E-state index in [2.05, 4.69) is 5.32 Å². The Kier molecular flexibility index (Phi) is 5.46. The molecule has 1 aromatic heterocycles. The Morgan fingerprint density at radius 1 is 0.963 bits per heavy atom. The van der Waals surface area contributed by atoms with E-state index in [1.807, 2.05) is 26.0 Å². The van der Waals surface area contributed by atoms with Crippen LogP contribution in [0.25, 0.3) is 0 Å². The molecule has 1 N–H and O–H groups in total. The molecule has 1 amide bonds. The van der Waals surface area contributed by atoms with Gasteiger partial charge in [-0.2, -0.15) is 0 Å². The van der Waals surface area contributed by atoms with E-state index >= 15 is 0 Å². The molecule has 1 atom stereocenters. The first kappa shape index (κ1) is 18.9. The van der Waals surface area contributed by atoms with Crippen molar-refractivity contribution in [2.24, 2.45) is 0 Å². The molecule has 0 aliphatic heterocycles. The molecule has 6 heteroatoms. The predicted octanol–water partition coefficient (Wildman–Crippen LogP) is 3.84. The van der Waals surface area contributed by atoms with Crippen LogP contribution in [-0.2, 0) is 9.84 Å². The standard InChI is InChI=1S/C21H21NO4S/c1-15-5-9-17(10-6-15)21(23)22-14-20(19-4-3-13-26-19)27(24,25)18-11-7-16(2)8-12-18/h3-13,20H,14H2,1-2H3,(H,22,23)/t20-/m0/s1. The van der Waals surface area contributed by atoms with Crippen molar-refractivity contribution in [3.63, 3.8) is 0 Å². The van der Waals surface area contributed by atoms with E-state index in [4.69, 9.17) is 4.42 Å². The number of aryl methyl sites for hydroxylation is 2. The molecule has 3 rings (SSSR count). The highest BCUT2D eigenvalue weighted by Gasteiger charge is 2.31. The van der Waals surface area contributed by atoms with E-state index in [1.54, 1.807) is 48.5 Å². The van der Waals surface area contributed by atoms with Crippen LogP contribution in [0.4, 0.5) is 0 Å². The third-order valence-electron chi connectivity index (χ3n) is 4.35. The first-order chi connectivity index (χ1) is 12.9. The van der Waals surface area contributed by atoms with Crippen molar-refractivity contribution in [2.75, 3.05) is 6.54 Å². The summed E-state index contributed by atoms with van der Waals surface area (Å²) in [5, 5.41) is 1.71. The zero-order valence-corrected chi connectivity index (χ0v) is 16.0. The summed E-state index contributed by atoms with van der Waals surface area (Å²) in [5.41, 5.74) is 2.49. The fraction of sp³-hybridized carbons (Fsp3) is 0.190. The number of sulfone groups is 1. The monoisotopic (exact) mass is 383 g/mol. The van der Waals surface area contributed by atoms with Crippen LogP contribution in [0.2, 0.25) is 0 Å². The van der Waals surface area contributed by atoms with Gasteiger partial charge in [0.25, 0.3) is 5.91 Å². The Morgan fingerprint density at radius 2 is 1.56 bits per heavy atom. The van der Waals surface area contributed by atoms with E-state index in [0.717, 1.165) is 11.1 Å². The lowest BCUT2D eigenvalue weighted by atomic mass is 10.1. The number of nitrogens with one attached hydrogen (secondary N) is 1. The minimum absolute atomic E-state index is 0.0869. The lowest BCUT2D eigenvalue weighted by molar-refractivity contribution is 0.0953. The van der Waals surface area contributed by atoms with E-state index in [1.165, 1.54) is 6.26 Å². The van der Waals surface area contributed by atoms with Crippen LogP contribution >= 0.6 is 0 Å². The van der Waals surface area contributed by atoms with Crippen LogP contribution in [0.3, 0.4) is 0 Å². The molecule has 140 valence electrons. The highest BCUT2D eigenvalue weighted by molar-refractivity contribution is 7.91. The average molecular weight is 383 g/mol. The second-order valence-electron chi connectivity index (χ2n) is 6.44. The van der Waals surface area contributed by atoms with Gasteiger partial charge in [-0.3, -0.25) is 4.79 Å². The second-order valence-corrected chi connectivity index (χ2v) is 8.57. The van der Waals surface area contributed by atoms with Crippen molar-refractivity contribution in [3.8, 4) is 0 Å². The number of hydrogen-bond donors (Lipinski definition) is 1. The molecule has 0 fully saturated rings. The smallest absolute Gasteiger partial charge is 0.251 e. The Labute approximate surface area is 159 Å². The fourth-order valence-electron chi connectivity index (χ4n) is 2.72. The summed E-state index contributed by atoms with van der Waals surface area (Å²) in [6, 6.07) is 17.0. The normalized spacial score (nSPS) is 12.5. The molecule has 0 saturated heterocycles. The van der Waals surface area contributed by atoms with Gasteiger partial charge in [-0.05, 0) is 50.2 Å². The van der Waals surface area contributed by atoms with Crippen LogP contribution in [0.15, 0.2) is 76.2 Å². The molecule has 0 saturated carbocycles. The van der Waals surface area contributed by atoms with E-state index in [9.17, 15) is 13.2 Å². The van der Waals surface area contributed by atoms with Gasteiger partial charge in [-0.15, -0.1) is 0 Å². The Bertz CT molecular complexity index is 1010. The maximum absolute atomic E-state index is 13.1. The lowest BCUT2D eigenvalue weighted by Crippen LogP contribution is -2.31. The topological polar surface area (TPSA) is 76.4 Å². The molecule has 2 aromatic carbocycles.